The summed E-state index contributed by atoms with van der Waals surface area (Å²) in [5.74, 6) is 0. The molecule has 0 bridgehead atoms. The molecule has 78 valence electrons. The minimum Gasteiger partial charge on any atom is -0.390 e. The molecule has 0 aromatic heterocycles. The van der Waals surface area contributed by atoms with Crippen molar-refractivity contribution in [3.63, 3.8) is 0 Å². The van der Waals surface area contributed by atoms with Crippen molar-refractivity contribution in [3.8, 4) is 6.07 Å². The number of allylic oxidation sites excluding steroid dienone is 1. The van der Waals surface area contributed by atoms with Gasteiger partial charge in [-0.2, -0.15) is 18.4 Å². The lowest BCUT2D eigenvalue weighted by Crippen LogP contribution is -2.07. The van der Waals surface area contributed by atoms with Gasteiger partial charge in [0.25, 0.3) is 0 Å². The Balaban J connectivity index is 3.26. The Hall–Kier alpha value is -1.96. The standard InChI is InChI=1S/C10H7F3N2/c11-10(12,13)9-4-2-1-3-7(9)5-8(15)6-14/h1-5H,15H2. The van der Waals surface area contributed by atoms with E-state index in [4.69, 9.17) is 11.0 Å². The van der Waals surface area contributed by atoms with Crippen molar-refractivity contribution in [1.82, 2.24) is 0 Å². The molecule has 0 saturated carbocycles. The number of halogens is 3. The zero-order chi connectivity index (χ0) is 11.5. The Morgan fingerprint density at radius 3 is 2.47 bits per heavy atom. The summed E-state index contributed by atoms with van der Waals surface area (Å²) >= 11 is 0. The first-order valence-electron chi connectivity index (χ1n) is 3.98. The molecule has 1 rings (SSSR count). The maximum atomic E-state index is 12.4. The summed E-state index contributed by atoms with van der Waals surface area (Å²) in [6, 6.07) is 6.49. The van der Waals surface area contributed by atoms with Crippen molar-refractivity contribution < 1.29 is 13.2 Å². The van der Waals surface area contributed by atoms with Gasteiger partial charge in [-0.15, -0.1) is 0 Å². The molecule has 0 radical (unpaired) electrons. The molecule has 0 heterocycles. The van der Waals surface area contributed by atoms with Gasteiger partial charge in [0.05, 0.1) is 5.56 Å². The van der Waals surface area contributed by atoms with Gasteiger partial charge in [-0.3, -0.25) is 0 Å². The van der Waals surface area contributed by atoms with Gasteiger partial charge >= 0.3 is 6.18 Å². The molecule has 1 aromatic rings. The fourth-order valence-electron chi connectivity index (χ4n) is 1.08. The van der Waals surface area contributed by atoms with Crippen LogP contribution in [-0.4, -0.2) is 0 Å². The van der Waals surface area contributed by atoms with Crippen LogP contribution in [0, 0.1) is 11.3 Å². The highest BCUT2D eigenvalue weighted by atomic mass is 19.4. The first kappa shape index (κ1) is 11.1. The molecule has 0 atom stereocenters. The van der Waals surface area contributed by atoms with E-state index in [1.54, 1.807) is 6.07 Å². The zero-order valence-corrected chi connectivity index (χ0v) is 7.55. The molecule has 0 aliphatic heterocycles. The number of nitriles is 1. The highest BCUT2D eigenvalue weighted by Gasteiger charge is 2.32. The molecule has 5 heteroatoms. The minimum absolute atomic E-state index is 0.107. The summed E-state index contributed by atoms with van der Waals surface area (Å²) in [6.45, 7) is 0. The van der Waals surface area contributed by atoms with Gasteiger partial charge in [0.2, 0.25) is 0 Å². The molecule has 0 saturated heterocycles. The lowest BCUT2D eigenvalue weighted by atomic mass is 10.1. The number of benzene rings is 1. The molecule has 0 spiro atoms. The van der Waals surface area contributed by atoms with Gasteiger partial charge < -0.3 is 5.73 Å². The second kappa shape index (κ2) is 4.05. The largest absolute Gasteiger partial charge is 0.416 e. The number of hydrogen-bond donors (Lipinski definition) is 1. The zero-order valence-electron chi connectivity index (χ0n) is 7.55. The van der Waals surface area contributed by atoms with E-state index in [-0.39, 0.29) is 11.3 Å². The van der Waals surface area contributed by atoms with E-state index in [2.05, 4.69) is 0 Å². The van der Waals surface area contributed by atoms with Gasteiger partial charge in [0.1, 0.15) is 11.8 Å². The van der Waals surface area contributed by atoms with Crippen LogP contribution in [0.5, 0.6) is 0 Å². The van der Waals surface area contributed by atoms with Crippen molar-refractivity contribution in [2.45, 2.75) is 6.18 Å². The van der Waals surface area contributed by atoms with Crippen molar-refractivity contribution in [3.05, 3.63) is 41.1 Å². The number of nitrogens with zero attached hydrogens (tertiary/aromatic N) is 1. The van der Waals surface area contributed by atoms with Crippen LogP contribution in [0.2, 0.25) is 0 Å². The molecule has 0 aliphatic rings. The monoisotopic (exact) mass is 212 g/mol. The fourth-order valence-corrected chi connectivity index (χ4v) is 1.08. The SMILES string of the molecule is N#CC(N)=Cc1ccccc1C(F)(F)F. The second-order valence-corrected chi connectivity index (χ2v) is 2.80. The summed E-state index contributed by atoms with van der Waals surface area (Å²) in [5.41, 5.74) is 3.98. The Labute approximate surface area is 84.4 Å². The number of rotatable bonds is 1. The quantitative estimate of drug-likeness (QED) is 0.727. The molecule has 0 unspecified atom stereocenters. The normalized spacial score (nSPS) is 12.3. The van der Waals surface area contributed by atoms with Gasteiger partial charge in [-0.25, -0.2) is 0 Å². The van der Waals surface area contributed by atoms with Crippen LogP contribution in [0.4, 0.5) is 13.2 Å². The van der Waals surface area contributed by atoms with Gasteiger partial charge in [-0.1, -0.05) is 18.2 Å². The van der Waals surface area contributed by atoms with E-state index in [9.17, 15) is 13.2 Å². The third-order valence-electron chi connectivity index (χ3n) is 1.71. The minimum atomic E-state index is -4.44. The first-order chi connectivity index (χ1) is 6.95. The van der Waals surface area contributed by atoms with Crippen LogP contribution in [0.3, 0.4) is 0 Å². The molecule has 2 nitrogen and oxygen atoms in total. The Kier molecular flexibility index (Phi) is 3.00. The Morgan fingerprint density at radius 1 is 1.33 bits per heavy atom. The highest BCUT2D eigenvalue weighted by molar-refractivity contribution is 5.59. The predicted octanol–water partition coefficient (Wildman–Crippen LogP) is 2.53. The number of nitrogens with two attached hydrogens (primary N) is 1. The molecular weight excluding hydrogens is 205 g/mol. The topological polar surface area (TPSA) is 49.8 Å². The van der Waals surface area contributed by atoms with Crippen molar-refractivity contribution in [2.24, 2.45) is 5.73 Å². The van der Waals surface area contributed by atoms with E-state index in [1.165, 1.54) is 18.2 Å². The summed E-state index contributed by atoms with van der Waals surface area (Å²) in [5, 5.41) is 8.37. The van der Waals surface area contributed by atoms with Crippen LogP contribution < -0.4 is 5.73 Å². The third kappa shape index (κ3) is 2.74. The van der Waals surface area contributed by atoms with E-state index in [1.807, 2.05) is 0 Å². The summed E-state index contributed by atoms with van der Waals surface area (Å²) < 4.78 is 37.3. The first-order valence-corrected chi connectivity index (χ1v) is 3.98. The van der Waals surface area contributed by atoms with E-state index >= 15 is 0 Å². The van der Waals surface area contributed by atoms with Crippen molar-refractivity contribution >= 4 is 6.08 Å². The third-order valence-corrected chi connectivity index (χ3v) is 1.71. The molecule has 0 aliphatic carbocycles. The summed E-state index contributed by atoms with van der Waals surface area (Å²) in [4.78, 5) is 0. The molecule has 2 N–H and O–H groups in total. The molecule has 0 amide bonds. The maximum absolute atomic E-state index is 12.4. The van der Waals surface area contributed by atoms with Gasteiger partial charge in [-0.05, 0) is 17.7 Å². The molecule has 15 heavy (non-hydrogen) atoms. The summed E-state index contributed by atoms with van der Waals surface area (Å²) in [7, 11) is 0. The van der Waals surface area contributed by atoms with Gasteiger partial charge in [0, 0.05) is 0 Å². The van der Waals surface area contributed by atoms with Crippen LogP contribution in [0.15, 0.2) is 30.0 Å². The molecule has 1 aromatic carbocycles. The lowest BCUT2D eigenvalue weighted by molar-refractivity contribution is -0.137. The van der Waals surface area contributed by atoms with Crippen molar-refractivity contribution in [2.75, 3.05) is 0 Å². The Bertz CT molecular complexity index is 427. The predicted molar refractivity (Wildman–Crippen MR) is 49.2 cm³/mol. The molecule has 0 fully saturated rings. The van der Waals surface area contributed by atoms with E-state index in [0.29, 0.717) is 0 Å². The smallest absolute Gasteiger partial charge is 0.390 e. The lowest BCUT2D eigenvalue weighted by Gasteiger charge is -2.09. The Morgan fingerprint density at radius 2 is 1.93 bits per heavy atom. The second-order valence-electron chi connectivity index (χ2n) is 2.80. The van der Waals surface area contributed by atoms with Crippen molar-refractivity contribution in [1.29, 1.82) is 5.26 Å². The van der Waals surface area contributed by atoms with Gasteiger partial charge in [0.15, 0.2) is 0 Å². The summed E-state index contributed by atoms with van der Waals surface area (Å²) in [6.07, 6.45) is -3.44. The highest BCUT2D eigenvalue weighted by Crippen LogP contribution is 2.32. The van der Waals surface area contributed by atoms with E-state index in [0.717, 1.165) is 12.1 Å². The number of hydrogen-bond acceptors (Lipinski definition) is 2. The fraction of sp³-hybridized carbons (Fsp3) is 0.100. The number of alkyl halides is 3. The van der Waals surface area contributed by atoms with E-state index < -0.39 is 11.7 Å². The van der Waals surface area contributed by atoms with Crippen LogP contribution >= 0.6 is 0 Å². The average molecular weight is 212 g/mol. The van der Waals surface area contributed by atoms with Crippen LogP contribution in [0.1, 0.15) is 11.1 Å². The molecular formula is C10H7F3N2. The van der Waals surface area contributed by atoms with Crippen LogP contribution in [-0.2, 0) is 6.18 Å². The average Bonchev–Trinajstić information content (AvgIpc) is 2.17. The van der Waals surface area contributed by atoms with Crippen LogP contribution in [0.25, 0.3) is 6.08 Å². The maximum Gasteiger partial charge on any atom is 0.416 e.